The minimum Gasteiger partial charge on any atom is -0.399 e. The van der Waals surface area contributed by atoms with Gasteiger partial charge in [-0.25, -0.2) is 0 Å². The van der Waals surface area contributed by atoms with E-state index in [1.54, 1.807) is 28.3 Å². The van der Waals surface area contributed by atoms with Crippen LogP contribution in [0.15, 0.2) is 18.2 Å². The Bertz CT molecular complexity index is 385. The van der Waals surface area contributed by atoms with Crippen LogP contribution in [-0.4, -0.2) is 47.4 Å². The molecule has 0 spiro atoms. The zero-order chi connectivity index (χ0) is 16.3. The number of anilines is 1. The van der Waals surface area contributed by atoms with Gasteiger partial charge in [0.1, 0.15) is 6.29 Å². The summed E-state index contributed by atoms with van der Waals surface area (Å²) in [6.07, 6.45) is 1.90. The zero-order valence-corrected chi connectivity index (χ0v) is 15.4. The summed E-state index contributed by atoms with van der Waals surface area (Å²) in [5.74, 6) is 0. The fourth-order valence-corrected chi connectivity index (χ4v) is 3.13. The normalized spacial score (nSPS) is 12.0. The summed E-state index contributed by atoms with van der Waals surface area (Å²) in [6.45, 7) is 3.93. The van der Waals surface area contributed by atoms with E-state index in [2.05, 4.69) is 26.6 Å². The molecule has 0 aliphatic carbocycles. The second-order valence-corrected chi connectivity index (χ2v) is 6.41. The van der Waals surface area contributed by atoms with Crippen molar-refractivity contribution in [1.82, 2.24) is 0 Å². The van der Waals surface area contributed by atoms with Crippen molar-refractivity contribution >= 4 is 30.6 Å². The van der Waals surface area contributed by atoms with E-state index in [0.29, 0.717) is 0 Å². The molecule has 1 unspecified atom stereocenters. The van der Waals surface area contributed by atoms with Gasteiger partial charge in [0, 0.05) is 32.2 Å². The van der Waals surface area contributed by atoms with Gasteiger partial charge < -0.3 is 23.7 Å². The Morgan fingerprint density at radius 2 is 1.86 bits per heavy atom. The first-order valence-corrected chi connectivity index (χ1v) is 8.45. The van der Waals surface area contributed by atoms with Gasteiger partial charge in [-0.2, -0.15) is 0 Å². The molecule has 118 valence electrons. The molecule has 0 heterocycles. The average Bonchev–Trinajstić information content (AvgIpc) is 2.51. The predicted molar refractivity (Wildman–Crippen MR) is 87.6 cm³/mol. The first kappa shape index (κ1) is 20.3. The standard InChI is InChI=1S/C11H18NO2Si.C3H7O2Si/c1-4-6-9-10(12)7-5-8-11(9)15(13-2)14-3;1-3(4-2)5-6/h5,7-8H,4,6,12H2,1-3H3;3H,1-2H3. The van der Waals surface area contributed by atoms with Crippen LogP contribution < -0.4 is 10.9 Å². The van der Waals surface area contributed by atoms with Crippen LogP contribution in [0.1, 0.15) is 25.8 Å². The Kier molecular flexibility index (Phi) is 11.5. The Labute approximate surface area is 133 Å². The lowest BCUT2D eigenvalue weighted by Gasteiger charge is -2.15. The topological polar surface area (TPSA) is 62.9 Å². The molecular weight excluding hydrogens is 302 g/mol. The van der Waals surface area contributed by atoms with Crippen LogP contribution in [0.4, 0.5) is 5.69 Å². The maximum Gasteiger partial charge on any atom is 0.423 e. The van der Waals surface area contributed by atoms with E-state index in [-0.39, 0.29) is 6.29 Å². The van der Waals surface area contributed by atoms with Gasteiger partial charge in [0.2, 0.25) is 10.5 Å². The van der Waals surface area contributed by atoms with Crippen molar-refractivity contribution in [1.29, 1.82) is 0 Å². The Balaban J connectivity index is 0.000000567. The second-order valence-electron chi connectivity index (χ2n) is 4.24. The number of hydrogen-bond acceptors (Lipinski definition) is 5. The largest absolute Gasteiger partial charge is 0.423 e. The molecule has 0 bridgehead atoms. The van der Waals surface area contributed by atoms with Gasteiger partial charge in [-0.3, -0.25) is 0 Å². The fraction of sp³-hybridized carbons (Fsp3) is 0.571. The summed E-state index contributed by atoms with van der Waals surface area (Å²) in [5, 5.41) is 1.13. The first-order valence-electron chi connectivity index (χ1n) is 6.73. The molecule has 2 N–H and O–H groups in total. The molecule has 21 heavy (non-hydrogen) atoms. The summed E-state index contributed by atoms with van der Waals surface area (Å²) >= 11 is 0. The van der Waals surface area contributed by atoms with Gasteiger partial charge in [0.15, 0.2) is 0 Å². The molecule has 1 atom stereocenters. The molecule has 7 heteroatoms. The van der Waals surface area contributed by atoms with Gasteiger partial charge >= 0.3 is 9.28 Å². The summed E-state index contributed by atoms with van der Waals surface area (Å²) in [4.78, 5) is 0. The zero-order valence-electron chi connectivity index (χ0n) is 13.4. The number of benzene rings is 1. The summed E-state index contributed by atoms with van der Waals surface area (Å²) < 4.78 is 19.8. The Morgan fingerprint density at radius 3 is 2.24 bits per heavy atom. The smallest absolute Gasteiger partial charge is 0.399 e. The van der Waals surface area contributed by atoms with Crippen molar-refractivity contribution in [2.75, 3.05) is 27.1 Å². The first-order chi connectivity index (χ1) is 10.0. The van der Waals surface area contributed by atoms with Crippen LogP contribution in [0.2, 0.25) is 0 Å². The van der Waals surface area contributed by atoms with Gasteiger partial charge in [-0.05, 0) is 25.0 Å². The highest BCUT2D eigenvalue weighted by Crippen LogP contribution is 2.12. The Hall–Kier alpha value is -0.706. The van der Waals surface area contributed by atoms with E-state index in [0.717, 1.165) is 23.7 Å². The van der Waals surface area contributed by atoms with Gasteiger partial charge in [-0.1, -0.05) is 25.5 Å². The molecule has 0 aromatic heterocycles. The Morgan fingerprint density at radius 1 is 1.24 bits per heavy atom. The minimum atomic E-state index is -1.35. The number of ether oxygens (including phenoxy) is 1. The highest BCUT2D eigenvalue weighted by molar-refractivity contribution is 6.62. The van der Waals surface area contributed by atoms with Crippen LogP contribution in [0.25, 0.3) is 0 Å². The predicted octanol–water partition coefficient (Wildman–Crippen LogP) is 1.29. The third-order valence-electron chi connectivity index (χ3n) is 2.80. The third-order valence-corrected chi connectivity index (χ3v) is 4.78. The third kappa shape index (κ3) is 7.21. The molecule has 0 fully saturated rings. The van der Waals surface area contributed by atoms with Crippen molar-refractivity contribution in [2.45, 2.75) is 33.0 Å². The summed E-state index contributed by atoms with van der Waals surface area (Å²) in [5.41, 5.74) is 7.98. The number of rotatable bonds is 7. The van der Waals surface area contributed by atoms with Gasteiger partial charge in [-0.15, -0.1) is 0 Å². The average molecular weight is 328 g/mol. The molecule has 1 aromatic rings. The highest BCUT2D eigenvalue weighted by Gasteiger charge is 2.20. The maximum absolute atomic E-state index is 5.96. The monoisotopic (exact) mass is 327 g/mol. The molecular formula is C14H25NO4Si2. The van der Waals surface area contributed by atoms with E-state index in [1.807, 2.05) is 18.2 Å². The lowest BCUT2D eigenvalue weighted by Crippen LogP contribution is -2.37. The molecule has 4 radical (unpaired) electrons. The lowest BCUT2D eigenvalue weighted by atomic mass is 10.1. The van der Waals surface area contributed by atoms with E-state index in [4.69, 9.17) is 14.6 Å². The SMILES string of the molecule is CCCc1c(N)cccc1[Si](OC)OC.COC(C)O[Si]. The number of methoxy groups -OCH3 is 1. The minimum absolute atomic E-state index is 0.151. The van der Waals surface area contributed by atoms with Gasteiger partial charge in [0.05, 0.1) is 0 Å². The second kappa shape index (κ2) is 11.9. The highest BCUT2D eigenvalue weighted by atomic mass is 28.3. The van der Waals surface area contributed by atoms with Crippen LogP contribution >= 0.6 is 0 Å². The molecule has 1 rings (SSSR count). The van der Waals surface area contributed by atoms with E-state index < -0.39 is 9.28 Å². The molecule has 0 aliphatic rings. The van der Waals surface area contributed by atoms with Crippen LogP contribution in [0.5, 0.6) is 0 Å². The van der Waals surface area contributed by atoms with Crippen molar-refractivity contribution < 1.29 is 18.0 Å². The number of hydrogen-bond donors (Lipinski definition) is 1. The summed E-state index contributed by atoms with van der Waals surface area (Å²) in [7, 11) is 6.37. The molecule has 0 saturated carbocycles. The molecule has 0 aliphatic heterocycles. The van der Waals surface area contributed by atoms with E-state index in [9.17, 15) is 0 Å². The maximum atomic E-state index is 5.96. The van der Waals surface area contributed by atoms with Crippen LogP contribution in [0, 0.1) is 0 Å². The number of nitrogen functional groups attached to an aromatic ring is 1. The van der Waals surface area contributed by atoms with Crippen molar-refractivity contribution in [3.8, 4) is 0 Å². The molecule has 1 aromatic carbocycles. The van der Waals surface area contributed by atoms with Crippen LogP contribution in [-0.2, 0) is 24.4 Å². The molecule has 0 saturated heterocycles. The van der Waals surface area contributed by atoms with E-state index >= 15 is 0 Å². The summed E-state index contributed by atoms with van der Waals surface area (Å²) in [6, 6.07) is 5.93. The van der Waals surface area contributed by atoms with Crippen molar-refractivity contribution in [3.05, 3.63) is 23.8 Å². The quantitative estimate of drug-likeness (QED) is 0.464. The van der Waals surface area contributed by atoms with Crippen molar-refractivity contribution in [3.63, 3.8) is 0 Å². The number of nitrogens with two attached hydrogens (primary N) is 1. The molecule has 0 amide bonds. The molecule has 5 nitrogen and oxygen atoms in total. The van der Waals surface area contributed by atoms with E-state index in [1.165, 1.54) is 5.56 Å². The lowest BCUT2D eigenvalue weighted by molar-refractivity contribution is -0.0334. The van der Waals surface area contributed by atoms with Gasteiger partial charge in [0.25, 0.3) is 0 Å². The fourth-order valence-electron chi connectivity index (χ4n) is 1.68. The van der Waals surface area contributed by atoms with Crippen molar-refractivity contribution in [2.24, 2.45) is 0 Å². The van der Waals surface area contributed by atoms with Crippen LogP contribution in [0.3, 0.4) is 0 Å².